The van der Waals surface area contributed by atoms with Crippen LogP contribution in [0.15, 0.2) is 48.8 Å². The highest BCUT2D eigenvalue weighted by Crippen LogP contribution is 2.19. The number of aromatic nitrogens is 5. The van der Waals surface area contributed by atoms with E-state index in [9.17, 15) is 4.79 Å². The van der Waals surface area contributed by atoms with Gasteiger partial charge in [0.25, 0.3) is 5.91 Å². The first kappa shape index (κ1) is 18.2. The predicted molar refractivity (Wildman–Crippen MR) is 100 cm³/mol. The topological polar surface area (TPSA) is 86.0 Å². The number of carbonyl (C=O) groups excluding carboxylic acids is 1. The fourth-order valence-electron chi connectivity index (χ4n) is 2.59. The van der Waals surface area contributed by atoms with E-state index < -0.39 is 0 Å². The van der Waals surface area contributed by atoms with Crippen molar-refractivity contribution < 1.29 is 9.53 Å². The summed E-state index contributed by atoms with van der Waals surface area (Å²) in [5.41, 5.74) is 2.09. The van der Waals surface area contributed by atoms with Gasteiger partial charge in [0.05, 0.1) is 7.11 Å². The number of aryl methyl sites for hydroxylation is 1. The van der Waals surface area contributed by atoms with Crippen molar-refractivity contribution in [2.45, 2.75) is 13.5 Å². The van der Waals surface area contributed by atoms with E-state index in [1.165, 1.54) is 4.68 Å². The van der Waals surface area contributed by atoms with Gasteiger partial charge in [-0.1, -0.05) is 18.2 Å². The molecule has 27 heavy (non-hydrogen) atoms. The summed E-state index contributed by atoms with van der Waals surface area (Å²) in [5.74, 6) is 1.01. The number of rotatable bonds is 6. The van der Waals surface area contributed by atoms with Gasteiger partial charge in [-0.2, -0.15) is 4.68 Å². The van der Waals surface area contributed by atoms with Crippen LogP contribution < -0.4 is 4.74 Å². The lowest BCUT2D eigenvalue weighted by atomic mass is 10.1. The van der Waals surface area contributed by atoms with Gasteiger partial charge in [-0.3, -0.25) is 9.78 Å². The van der Waals surface area contributed by atoms with Crippen LogP contribution in [0, 0.1) is 6.92 Å². The Balaban J connectivity index is 1.95. The van der Waals surface area contributed by atoms with Crippen LogP contribution in [-0.4, -0.2) is 50.2 Å². The number of tetrazole rings is 1. The second-order valence-electron chi connectivity index (χ2n) is 5.97. The largest absolute Gasteiger partial charge is 0.497 e. The average molecular weight is 364 g/mol. The number of methoxy groups -OCH3 is 1. The Labute approximate surface area is 157 Å². The number of ether oxygens (including phenoxy) is 1. The summed E-state index contributed by atoms with van der Waals surface area (Å²) in [5, 5.41) is 11.5. The van der Waals surface area contributed by atoms with Crippen LogP contribution in [0.1, 0.15) is 17.0 Å². The van der Waals surface area contributed by atoms with Crippen molar-refractivity contribution in [1.29, 1.82) is 0 Å². The van der Waals surface area contributed by atoms with Crippen LogP contribution in [0.4, 0.5) is 0 Å². The van der Waals surface area contributed by atoms with Gasteiger partial charge >= 0.3 is 0 Å². The van der Waals surface area contributed by atoms with Crippen LogP contribution in [0.5, 0.6) is 5.75 Å². The van der Waals surface area contributed by atoms with E-state index in [4.69, 9.17) is 4.74 Å². The first-order valence-electron chi connectivity index (χ1n) is 8.34. The molecule has 0 spiro atoms. The molecule has 0 aliphatic rings. The van der Waals surface area contributed by atoms with Gasteiger partial charge < -0.3 is 9.64 Å². The van der Waals surface area contributed by atoms with Crippen molar-refractivity contribution >= 4 is 17.7 Å². The van der Waals surface area contributed by atoms with Crippen LogP contribution >= 0.6 is 0 Å². The first-order valence-corrected chi connectivity index (χ1v) is 8.34. The number of nitrogens with zero attached hydrogens (tertiary/aromatic N) is 6. The zero-order valence-corrected chi connectivity index (χ0v) is 15.4. The normalized spacial score (nSPS) is 11.3. The van der Waals surface area contributed by atoms with Crippen LogP contribution in [-0.2, 0) is 11.3 Å². The van der Waals surface area contributed by atoms with E-state index in [2.05, 4.69) is 20.5 Å². The summed E-state index contributed by atoms with van der Waals surface area (Å²) in [7, 11) is 3.33. The summed E-state index contributed by atoms with van der Waals surface area (Å²) < 4.78 is 6.69. The van der Waals surface area contributed by atoms with Crippen molar-refractivity contribution in [3.63, 3.8) is 0 Å². The minimum Gasteiger partial charge on any atom is -0.497 e. The third-order valence-corrected chi connectivity index (χ3v) is 3.96. The smallest absolute Gasteiger partial charge is 0.272 e. The molecule has 2 heterocycles. The van der Waals surface area contributed by atoms with Crippen LogP contribution in [0.3, 0.4) is 0 Å². The maximum absolute atomic E-state index is 13.1. The Morgan fingerprint density at radius 2 is 2.15 bits per heavy atom. The van der Waals surface area contributed by atoms with E-state index in [0.717, 1.165) is 11.1 Å². The number of pyridine rings is 1. The summed E-state index contributed by atoms with van der Waals surface area (Å²) in [4.78, 5) is 18.8. The lowest BCUT2D eigenvalue weighted by Gasteiger charge is -2.19. The van der Waals surface area contributed by atoms with Crippen molar-refractivity contribution in [3.8, 4) is 5.75 Å². The van der Waals surface area contributed by atoms with Crippen molar-refractivity contribution in [2.75, 3.05) is 14.2 Å². The zero-order chi connectivity index (χ0) is 19.2. The standard InChI is InChI=1S/C19H20N6O2/c1-14-21-22-23-25(14)18(11-15-6-4-8-17(10-15)27-3)19(26)24(2)13-16-7-5-9-20-12-16/h4-12H,13H2,1-3H3/b18-11-. The van der Waals surface area contributed by atoms with Gasteiger partial charge in [-0.25, -0.2) is 0 Å². The predicted octanol–water partition coefficient (Wildman–Crippen LogP) is 2.04. The molecule has 0 radical (unpaired) electrons. The molecule has 1 aromatic carbocycles. The van der Waals surface area contributed by atoms with Crippen molar-refractivity contribution in [1.82, 2.24) is 30.1 Å². The molecule has 0 aliphatic heterocycles. The molecule has 3 aromatic rings. The van der Waals surface area contributed by atoms with Crippen LogP contribution in [0.25, 0.3) is 11.8 Å². The van der Waals surface area contributed by atoms with Gasteiger partial charge in [-0.05, 0) is 52.8 Å². The molecule has 0 atom stereocenters. The van der Waals surface area contributed by atoms with Gasteiger partial charge in [0, 0.05) is 26.0 Å². The Hall–Kier alpha value is -3.55. The average Bonchev–Trinajstić information content (AvgIpc) is 3.12. The fourth-order valence-corrected chi connectivity index (χ4v) is 2.59. The molecule has 0 unspecified atom stereocenters. The number of likely N-dealkylation sites (N-methyl/N-ethyl adjacent to an activating group) is 1. The highest BCUT2D eigenvalue weighted by molar-refractivity contribution is 6.18. The molecule has 8 nitrogen and oxygen atoms in total. The highest BCUT2D eigenvalue weighted by atomic mass is 16.5. The molecule has 0 aliphatic carbocycles. The summed E-state index contributed by atoms with van der Waals surface area (Å²) in [6.45, 7) is 2.16. The number of benzene rings is 1. The van der Waals surface area contributed by atoms with Crippen molar-refractivity contribution in [3.05, 3.63) is 65.7 Å². The van der Waals surface area contributed by atoms with E-state index in [0.29, 0.717) is 23.8 Å². The summed E-state index contributed by atoms with van der Waals surface area (Å²) in [6, 6.07) is 11.2. The molecule has 0 saturated carbocycles. The summed E-state index contributed by atoms with van der Waals surface area (Å²) in [6.07, 6.45) is 5.18. The van der Waals surface area contributed by atoms with Crippen molar-refractivity contribution in [2.24, 2.45) is 0 Å². The first-order chi connectivity index (χ1) is 13.1. The molecule has 1 amide bonds. The van der Waals surface area contributed by atoms with E-state index in [-0.39, 0.29) is 5.91 Å². The molecule has 2 aromatic heterocycles. The second kappa shape index (κ2) is 8.22. The third kappa shape index (κ3) is 4.35. The van der Waals surface area contributed by atoms with E-state index in [1.54, 1.807) is 44.5 Å². The number of carbonyl (C=O) groups is 1. The summed E-state index contributed by atoms with van der Waals surface area (Å²) >= 11 is 0. The molecule has 0 N–H and O–H groups in total. The molecule has 138 valence electrons. The fraction of sp³-hybridized carbons (Fsp3) is 0.211. The van der Waals surface area contributed by atoms with E-state index >= 15 is 0 Å². The molecule has 0 fully saturated rings. The lowest BCUT2D eigenvalue weighted by molar-refractivity contribution is -0.124. The minimum atomic E-state index is -0.211. The monoisotopic (exact) mass is 364 g/mol. The molecule has 0 bridgehead atoms. The quantitative estimate of drug-likeness (QED) is 0.622. The lowest BCUT2D eigenvalue weighted by Crippen LogP contribution is -2.29. The number of amides is 1. The molecule has 8 heteroatoms. The number of hydrogen-bond acceptors (Lipinski definition) is 6. The maximum Gasteiger partial charge on any atom is 0.272 e. The van der Waals surface area contributed by atoms with Gasteiger partial charge in [-0.15, -0.1) is 5.10 Å². The highest BCUT2D eigenvalue weighted by Gasteiger charge is 2.20. The minimum absolute atomic E-state index is 0.211. The van der Waals surface area contributed by atoms with Gasteiger partial charge in [0.15, 0.2) is 5.82 Å². The van der Waals surface area contributed by atoms with Crippen LogP contribution in [0.2, 0.25) is 0 Å². The molecular weight excluding hydrogens is 344 g/mol. The second-order valence-corrected chi connectivity index (χ2v) is 5.97. The third-order valence-electron chi connectivity index (χ3n) is 3.96. The van der Waals surface area contributed by atoms with E-state index in [1.807, 2.05) is 36.4 Å². The molecule has 0 saturated heterocycles. The number of hydrogen-bond donors (Lipinski definition) is 0. The Kier molecular flexibility index (Phi) is 5.55. The molecule has 3 rings (SSSR count). The maximum atomic E-state index is 13.1. The zero-order valence-electron chi connectivity index (χ0n) is 15.4. The van der Waals surface area contributed by atoms with Gasteiger partial charge in [0.1, 0.15) is 11.4 Å². The SMILES string of the molecule is COc1cccc(/C=C(/C(=O)N(C)Cc2cccnc2)n2nnnc2C)c1. The Morgan fingerprint density at radius 3 is 2.81 bits per heavy atom. The Morgan fingerprint density at radius 1 is 1.30 bits per heavy atom. The Bertz CT molecular complexity index is 952. The van der Waals surface area contributed by atoms with Gasteiger partial charge in [0.2, 0.25) is 0 Å². The molecular formula is C19H20N6O2.